The quantitative estimate of drug-likeness (QED) is 0.637. The summed E-state index contributed by atoms with van der Waals surface area (Å²) in [6.07, 6.45) is 4.63. The van der Waals surface area contributed by atoms with E-state index in [0.717, 1.165) is 13.1 Å². The highest BCUT2D eigenvalue weighted by atomic mass is 32.2. The zero-order chi connectivity index (χ0) is 15.7. The molecule has 2 nitrogen and oxygen atoms in total. The van der Waals surface area contributed by atoms with Crippen molar-refractivity contribution >= 4 is 11.8 Å². The third-order valence-corrected chi connectivity index (χ3v) is 4.90. The molecule has 0 radical (unpaired) electrons. The summed E-state index contributed by atoms with van der Waals surface area (Å²) < 4.78 is 0. The molecule has 0 aromatic heterocycles. The Morgan fingerprint density at radius 2 is 1.71 bits per heavy atom. The molecule has 0 heterocycles. The monoisotopic (exact) mass is 308 g/mol. The van der Waals surface area contributed by atoms with Crippen LogP contribution in [0.4, 0.5) is 0 Å². The van der Waals surface area contributed by atoms with Crippen molar-refractivity contribution in [2.24, 2.45) is 0 Å². The van der Waals surface area contributed by atoms with Gasteiger partial charge in [-0.1, -0.05) is 26.0 Å². The Bertz CT molecular complexity index is 373. The van der Waals surface area contributed by atoms with Crippen LogP contribution in [0.25, 0.3) is 0 Å². The van der Waals surface area contributed by atoms with Gasteiger partial charge in [0.05, 0.1) is 0 Å². The van der Waals surface area contributed by atoms with Gasteiger partial charge in [-0.25, -0.2) is 0 Å². The number of nitrogens with one attached hydrogen (secondary N) is 1. The first-order chi connectivity index (χ1) is 10.1. The van der Waals surface area contributed by atoms with Gasteiger partial charge in [0, 0.05) is 17.0 Å². The Morgan fingerprint density at radius 3 is 2.24 bits per heavy atom. The van der Waals surface area contributed by atoms with Gasteiger partial charge in [-0.2, -0.15) is 0 Å². The minimum absolute atomic E-state index is 0.421. The van der Waals surface area contributed by atoms with Gasteiger partial charge < -0.3 is 10.2 Å². The molecule has 1 aromatic rings. The third-order valence-electron chi connectivity index (χ3n) is 4.16. The third kappa shape index (κ3) is 6.86. The molecule has 1 N–H and O–H groups in total. The zero-order valence-corrected chi connectivity index (χ0v) is 15.2. The van der Waals surface area contributed by atoms with Crippen molar-refractivity contribution in [1.82, 2.24) is 10.2 Å². The molecule has 0 amide bonds. The second-order valence-corrected chi connectivity index (χ2v) is 6.61. The summed E-state index contributed by atoms with van der Waals surface area (Å²) in [5.41, 5.74) is 1.38. The molecule has 0 saturated heterocycles. The average Bonchev–Trinajstić information content (AvgIpc) is 2.51. The molecular formula is C18H32N2S. The second-order valence-electron chi connectivity index (χ2n) is 5.73. The van der Waals surface area contributed by atoms with Crippen LogP contribution in [0.5, 0.6) is 0 Å². The molecule has 21 heavy (non-hydrogen) atoms. The van der Waals surface area contributed by atoms with E-state index in [9.17, 15) is 0 Å². The maximum Gasteiger partial charge on any atom is 0.0294 e. The van der Waals surface area contributed by atoms with E-state index in [1.54, 1.807) is 11.8 Å². The van der Waals surface area contributed by atoms with Gasteiger partial charge in [0.2, 0.25) is 0 Å². The fraction of sp³-hybridized carbons (Fsp3) is 0.667. The molecule has 0 aliphatic carbocycles. The van der Waals surface area contributed by atoms with E-state index in [2.05, 4.69) is 68.4 Å². The second kappa shape index (κ2) is 10.3. The van der Waals surface area contributed by atoms with E-state index >= 15 is 0 Å². The smallest absolute Gasteiger partial charge is 0.0294 e. The van der Waals surface area contributed by atoms with Crippen molar-refractivity contribution in [1.29, 1.82) is 0 Å². The van der Waals surface area contributed by atoms with Crippen molar-refractivity contribution in [2.45, 2.75) is 57.5 Å². The summed E-state index contributed by atoms with van der Waals surface area (Å²) in [5.74, 6) is 0. The molecule has 0 saturated carbocycles. The fourth-order valence-corrected chi connectivity index (χ4v) is 3.07. The average molecular weight is 309 g/mol. The lowest BCUT2D eigenvalue weighted by molar-refractivity contribution is 0.288. The highest BCUT2D eigenvalue weighted by Crippen LogP contribution is 2.19. The SMILES string of the molecule is CCN(CC)CCCC(C)NC(C)c1ccc(SC)cc1. The van der Waals surface area contributed by atoms with Crippen LogP contribution in [0.15, 0.2) is 29.2 Å². The first kappa shape index (κ1) is 18.5. The van der Waals surface area contributed by atoms with E-state index in [0.29, 0.717) is 12.1 Å². The van der Waals surface area contributed by atoms with Gasteiger partial charge in [-0.3, -0.25) is 0 Å². The summed E-state index contributed by atoms with van der Waals surface area (Å²) in [6.45, 7) is 12.6. The van der Waals surface area contributed by atoms with Crippen molar-refractivity contribution in [2.75, 3.05) is 25.9 Å². The maximum absolute atomic E-state index is 3.72. The minimum atomic E-state index is 0.421. The Morgan fingerprint density at radius 1 is 1.10 bits per heavy atom. The van der Waals surface area contributed by atoms with Crippen LogP contribution >= 0.6 is 11.8 Å². The van der Waals surface area contributed by atoms with Crippen molar-refractivity contribution in [3.8, 4) is 0 Å². The van der Waals surface area contributed by atoms with Crippen LogP contribution in [0, 0.1) is 0 Å². The predicted molar refractivity (Wildman–Crippen MR) is 96.3 cm³/mol. The van der Waals surface area contributed by atoms with Crippen LogP contribution in [-0.4, -0.2) is 36.8 Å². The van der Waals surface area contributed by atoms with Crippen molar-refractivity contribution in [3.05, 3.63) is 29.8 Å². The van der Waals surface area contributed by atoms with Gasteiger partial charge >= 0.3 is 0 Å². The van der Waals surface area contributed by atoms with E-state index in [1.165, 1.54) is 29.8 Å². The lowest BCUT2D eigenvalue weighted by Gasteiger charge is -2.22. The minimum Gasteiger partial charge on any atom is -0.308 e. The number of hydrogen-bond acceptors (Lipinski definition) is 3. The molecule has 3 heteroatoms. The Labute approximate surface area is 135 Å². The normalized spacial score (nSPS) is 14.4. The zero-order valence-electron chi connectivity index (χ0n) is 14.4. The predicted octanol–water partition coefficient (Wildman–Crippen LogP) is 4.57. The van der Waals surface area contributed by atoms with Crippen LogP contribution in [0.1, 0.15) is 52.1 Å². The molecule has 0 aliphatic rings. The standard InChI is InChI=1S/C18H32N2S/c1-6-20(7-2)14-8-9-15(3)19-16(4)17-10-12-18(21-5)13-11-17/h10-13,15-16,19H,6-9,14H2,1-5H3. The molecule has 0 bridgehead atoms. The number of rotatable bonds is 10. The van der Waals surface area contributed by atoms with Crippen LogP contribution in [0.3, 0.4) is 0 Å². The summed E-state index contributed by atoms with van der Waals surface area (Å²) in [5, 5.41) is 3.72. The van der Waals surface area contributed by atoms with E-state index in [1.807, 2.05) is 0 Å². The molecule has 0 spiro atoms. The lowest BCUT2D eigenvalue weighted by Crippen LogP contribution is -2.30. The Hall–Kier alpha value is -0.510. The Kier molecular flexibility index (Phi) is 9.05. The first-order valence-corrected chi connectivity index (χ1v) is 9.45. The molecule has 0 aliphatic heterocycles. The molecule has 2 unspecified atom stereocenters. The van der Waals surface area contributed by atoms with Crippen molar-refractivity contribution in [3.63, 3.8) is 0 Å². The summed E-state index contributed by atoms with van der Waals surface area (Å²) in [7, 11) is 0. The van der Waals surface area contributed by atoms with Crippen LogP contribution in [-0.2, 0) is 0 Å². The summed E-state index contributed by atoms with van der Waals surface area (Å²) in [6, 6.07) is 9.89. The highest BCUT2D eigenvalue weighted by molar-refractivity contribution is 7.98. The van der Waals surface area contributed by atoms with Crippen LogP contribution in [0.2, 0.25) is 0 Å². The topological polar surface area (TPSA) is 15.3 Å². The first-order valence-electron chi connectivity index (χ1n) is 8.23. The molecule has 2 atom stereocenters. The molecule has 1 rings (SSSR count). The fourth-order valence-electron chi connectivity index (χ4n) is 2.66. The van der Waals surface area contributed by atoms with Crippen molar-refractivity contribution < 1.29 is 0 Å². The maximum atomic E-state index is 3.72. The number of hydrogen-bond donors (Lipinski definition) is 1. The van der Waals surface area contributed by atoms with Gasteiger partial charge in [-0.15, -0.1) is 11.8 Å². The van der Waals surface area contributed by atoms with Gasteiger partial charge in [-0.05, 0) is 70.3 Å². The Balaban J connectivity index is 2.33. The molecular weight excluding hydrogens is 276 g/mol. The molecule has 0 fully saturated rings. The van der Waals surface area contributed by atoms with Gasteiger partial charge in [0.15, 0.2) is 0 Å². The molecule has 120 valence electrons. The number of nitrogens with zero attached hydrogens (tertiary/aromatic N) is 1. The van der Waals surface area contributed by atoms with Crippen LogP contribution < -0.4 is 5.32 Å². The largest absolute Gasteiger partial charge is 0.308 e. The van der Waals surface area contributed by atoms with Gasteiger partial charge in [0.25, 0.3) is 0 Å². The summed E-state index contributed by atoms with van der Waals surface area (Å²) >= 11 is 1.80. The number of thioether (sulfide) groups is 1. The van der Waals surface area contributed by atoms with E-state index < -0.39 is 0 Å². The van der Waals surface area contributed by atoms with E-state index in [-0.39, 0.29) is 0 Å². The van der Waals surface area contributed by atoms with Gasteiger partial charge in [0.1, 0.15) is 0 Å². The number of benzene rings is 1. The van der Waals surface area contributed by atoms with E-state index in [4.69, 9.17) is 0 Å². The highest BCUT2D eigenvalue weighted by Gasteiger charge is 2.10. The molecule has 1 aromatic carbocycles. The summed E-state index contributed by atoms with van der Waals surface area (Å²) in [4.78, 5) is 3.83. The lowest BCUT2D eigenvalue weighted by atomic mass is 10.1.